The molecule has 2 aliphatic heterocycles. The number of rotatable bonds is 4. The lowest BCUT2D eigenvalue weighted by Gasteiger charge is -2.30. The molecule has 136 valence electrons. The zero-order valence-electron chi connectivity index (χ0n) is 13.7. The van der Waals surface area contributed by atoms with E-state index in [9.17, 15) is 9.59 Å². The molecule has 4 rings (SSSR count). The molecule has 1 saturated heterocycles. The summed E-state index contributed by atoms with van der Waals surface area (Å²) in [5.74, 6) is 0.188. The van der Waals surface area contributed by atoms with Crippen molar-refractivity contribution in [3.63, 3.8) is 0 Å². The van der Waals surface area contributed by atoms with Gasteiger partial charge in [-0.25, -0.2) is 9.78 Å². The molecule has 0 aliphatic carbocycles. The lowest BCUT2D eigenvalue weighted by atomic mass is 10.2. The molecule has 1 fully saturated rings. The summed E-state index contributed by atoms with van der Waals surface area (Å²) in [7, 11) is 0. The van der Waals surface area contributed by atoms with Gasteiger partial charge in [-0.05, 0) is 18.2 Å². The first kappa shape index (κ1) is 16.8. The minimum Gasteiger partial charge on any atom is -0.479 e. The number of carboxylic acid groups (broad SMARTS) is 1. The molecule has 1 N–H and O–H groups in total. The summed E-state index contributed by atoms with van der Waals surface area (Å²) < 4.78 is 15.8. The summed E-state index contributed by atoms with van der Waals surface area (Å²) in [5, 5.41) is 11.7. The molecule has 0 bridgehead atoms. The van der Waals surface area contributed by atoms with Gasteiger partial charge in [0.25, 0.3) is 0 Å². The summed E-state index contributed by atoms with van der Waals surface area (Å²) in [5.41, 5.74) is 1.56. The highest BCUT2D eigenvalue weighted by atomic mass is 32.1. The van der Waals surface area contributed by atoms with E-state index >= 15 is 0 Å². The Hall–Kier alpha value is -2.65. The van der Waals surface area contributed by atoms with Crippen LogP contribution >= 0.6 is 11.3 Å². The minimum atomic E-state index is -1.05. The molecule has 0 unspecified atom stereocenters. The minimum absolute atomic E-state index is 0.0628. The van der Waals surface area contributed by atoms with Gasteiger partial charge in [0.15, 0.2) is 17.6 Å². The number of hydrogen-bond acceptors (Lipinski definition) is 7. The molecule has 2 aromatic rings. The predicted molar refractivity (Wildman–Crippen MR) is 91.3 cm³/mol. The highest BCUT2D eigenvalue weighted by Gasteiger charge is 2.29. The number of carboxylic acids is 1. The van der Waals surface area contributed by atoms with Crippen molar-refractivity contribution in [3.05, 3.63) is 29.3 Å². The van der Waals surface area contributed by atoms with E-state index in [0.29, 0.717) is 23.7 Å². The van der Waals surface area contributed by atoms with Gasteiger partial charge >= 0.3 is 5.97 Å². The second kappa shape index (κ2) is 6.93. The van der Waals surface area contributed by atoms with E-state index in [0.717, 1.165) is 10.6 Å². The molecular formula is C17H16N2O6S. The highest BCUT2D eigenvalue weighted by molar-refractivity contribution is 7.13. The van der Waals surface area contributed by atoms with Crippen LogP contribution in [0.15, 0.2) is 23.6 Å². The lowest BCUT2D eigenvalue weighted by Crippen LogP contribution is -2.49. The van der Waals surface area contributed by atoms with Gasteiger partial charge in [-0.1, -0.05) is 0 Å². The third-order valence-corrected chi connectivity index (χ3v) is 5.14. The lowest BCUT2D eigenvalue weighted by molar-refractivity contribution is -0.159. The van der Waals surface area contributed by atoms with Crippen molar-refractivity contribution in [3.8, 4) is 22.1 Å². The summed E-state index contributed by atoms with van der Waals surface area (Å²) in [6.45, 7) is 0.893. The number of benzene rings is 1. The van der Waals surface area contributed by atoms with Crippen LogP contribution in [0.2, 0.25) is 0 Å². The molecule has 8 nitrogen and oxygen atoms in total. The number of morpholine rings is 1. The van der Waals surface area contributed by atoms with Crippen molar-refractivity contribution < 1.29 is 28.9 Å². The Morgan fingerprint density at radius 1 is 1.31 bits per heavy atom. The van der Waals surface area contributed by atoms with E-state index in [-0.39, 0.29) is 32.3 Å². The number of fused-ring (bicyclic) bond motifs is 1. The van der Waals surface area contributed by atoms with E-state index < -0.39 is 12.1 Å². The molecule has 2 aliphatic rings. The smallest absolute Gasteiger partial charge is 0.334 e. The zero-order chi connectivity index (χ0) is 18.1. The fraction of sp³-hybridized carbons (Fsp3) is 0.353. The van der Waals surface area contributed by atoms with Crippen LogP contribution in [0.3, 0.4) is 0 Å². The van der Waals surface area contributed by atoms with Crippen molar-refractivity contribution in [2.75, 3.05) is 26.5 Å². The molecular weight excluding hydrogens is 360 g/mol. The monoisotopic (exact) mass is 376 g/mol. The van der Waals surface area contributed by atoms with Gasteiger partial charge in [0.2, 0.25) is 12.7 Å². The number of carbonyl (C=O) groups excluding carboxylic acids is 1. The molecule has 1 amide bonds. The number of carbonyl (C=O) groups is 2. The first-order chi connectivity index (χ1) is 12.6. The van der Waals surface area contributed by atoms with Crippen molar-refractivity contribution >= 4 is 23.2 Å². The third-order valence-electron chi connectivity index (χ3n) is 4.20. The standard InChI is InChI=1S/C17H16N2O6S/c20-15(19-3-4-23-14(7-19)17(21)22)6-11-8-26-16(18-11)10-1-2-12-13(5-10)25-9-24-12/h1-2,5,8,14H,3-4,6-7,9H2,(H,21,22)/t14-/m0/s1. The Morgan fingerprint density at radius 3 is 3.00 bits per heavy atom. The Labute approximate surface area is 152 Å². The molecule has 26 heavy (non-hydrogen) atoms. The van der Waals surface area contributed by atoms with Crippen LogP contribution < -0.4 is 9.47 Å². The van der Waals surface area contributed by atoms with E-state index in [1.807, 2.05) is 23.6 Å². The second-order valence-electron chi connectivity index (χ2n) is 5.93. The van der Waals surface area contributed by atoms with Gasteiger partial charge in [-0.2, -0.15) is 0 Å². The van der Waals surface area contributed by atoms with E-state index in [1.165, 1.54) is 16.2 Å². The summed E-state index contributed by atoms with van der Waals surface area (Å²) >= 11 is 1.45. The molecule has 3 heterocycles. The van der Waals surface area contributed by atoms with Crippen LogP contribution in [0, 0.1) is 0 Å². The quantitative estimate of drug-likeness (QED) is 0.861. The average molecular weight is 376 g/mol. The predicted octanol–water partition coefficient (Wildman–Crippen LogP) is 1.39. The average Bonchev–Trinajstić information content (AvgIpc) is 3.30. The number of ether oxygens (including phenoxy) is 3. The molecule has 0 saturated carbocycles. The van der Waals surface area contributed by atoms with Crippen LogP contribution in [0.4, 0.5) is 0 Å². The fourth-order valence-corrected chi connectivity index (χ4v) is 3.66. The van der Waals surface area contributed by atoms with Crippen LogP contribution in [0.25, 0.3) is 10.6 Å². The van der Waals surface area contributed by atoms with Gasteiger partial charge in [0, 0.05) is 17.5 Å². The molecule has 9 heteroatoms. The number of aliphatic carboxylic acids is 1. The van der Waals surface area contributed by atoms with Gasteiger partial charge in [-0.15, -0.1) is 11.3 Å². The van der Waals surface area contributed by atoms with Crippen molar-refractivity contribution in [2.45, 2.75) is 12.5 Å². The number of amides is 1. The summed E-state index contributed by atoms with van der Waals surface area (Å²) in [6.07, 6.45) is -0.833. The Morgan fingerprint density at radius 2 is 2.15 bits per heavy atom. The van der Waals surface area contributed by atoms with Crippen LogP contribution in [0.5, 0.6) is 11.5 Å². The molecule has 1 aromatic carbocycles. The first-order valence-corrected chi connectivity index (χ1v) is 8.95. The Kier molecular flexibility index (Phi) is 4.48. The van der Waals surface area contributed by atoms with E-state index in [4.69, 9.17) is 19.3 Å². The zero-order valence-corrected chi connectivity index (χ0v) is 14.5. The number of nitrogens with zero attached hydrogens (tertiary/aromatic N) is 2. The summed E-state index contributed by atoms with van der Waals surface area (Å²) in [6, 6.07) is 5.60. The third kappa shape index (κ3) is 3.35. The maximum absolute atomic E-state index is 12.4. The van der Waals surface area contributed by atoms with Gasteiger partial charge in [0.1, 0.15) is 5.01 Å². The SMILES string of the molecule is O=C(O)[C@@H]1CN(C(=O)Cc2csc(-c3ccc4c(c3)OCO4)n2)CCO1. The van der Waals surface area contributed by atoms with Gasteiger partial charge in [-0.3, -0.25) is 4.79 Å². The highest BCUT2D eigenvalue weighted by Crippen LogP contribution is 2.36. The van der Waals surface area contributed by atoms with Crippen molar-refractivity contribution in [1.29, 1.82) is 0 Å². The largest absolute Gasteiger partial charge is 0.479 e. The molecule has 0 spiro atoms. The maximum atomic E-state index is 12.4. The Balaban J connectivity index is 1.43. The van der Waals surface area contributed by atoms with E-state index in [2.05, 4.69) is 4.98 Å². The normalized spacial score (nSPS) is 18.8. The summed E-state index contributed by atoms with van der Waals surface area (Å²) in [4.78, 5) is 29.5. The molecule has 1 atom stereocenters. The van der Waals surface area contributed by atoms with Crippen LogP contribution in [0.1, 0.15) is 5.69 Å². The van der Waals surface area contributed by atoms with E-state index in [1.54, 1.807) is 0 Å². The molecule has 0 radical (unpaired) electrons. The number of thiazole rings is 1. The second-order valence-corrected chi connectivity index (χ2v) is 6.78. The van der Waals surface area contributed by atoms with Crippen molar-refractivity contribution in [1.82, 2.24) is 9.88 Å². The topological polar surface area (TPSA) is 98.2 Å². The van der Waals surface area contributed by atoms with Crippen LogP contribution in [-0.2, 0) is 20.7 Å². The fourth-order valence-electron chi connectivity index (χ4n) is 2.84. The van der Waals surface area contributed by atoms with Crippen LogP contribution in [-0.4, -0.2) is 59.5 Å². The van der Waals surface area contributed by atoms with Crippen molar-refractivity contribution in [2.24, 2.45) is 0 Å². The van der Waals surface area contributed by atoms with Gasteiger partial charge < -0.3 is 24.2 Å². The number of aromatic nitrogens is 1. The van der Waals surface area contributed by atoms with Gasteiger partial charge in [0.05, 0.1) is 25.3 Å². The molecule has 1 aromatic heterocycles. The maximum Gasteiger partial charge on any atom is 0.334 e. The number of hydrogen-bond donors (Lipinski definition) is 1. The Bertz CT molecular complexity index is 852. The first-order valence-electron chi connectivity index (χ1n) is 8.07.